The number of carbonyl (C=O) groups excluding carboxylic acids is 1. The molecule has 1 aliphatic heterocycles. The van der Waals surface area contributed by atoms with E-state index in [4.69, 9.17) is 16.3 Å². The van der Waals surface area contributed by atoms with E-state index in [1.54, 1.807) is 18.2 Å². The van der Waals surface area contributed by atoms with Crippen molar-refractivity contribution in [3.63, 3.8) is 0 Å². The molecule has 92 valence electrons. The largest absolute Gasteiger partial charge is 0.425 e. The molecule has 0 saturated carbocycles. The summed E-state index contributed by atoms with van der Waals surface area (Å²) >= 11 is 5.92. The van der Waals surface area contributed by atoms with Crippen molar-refractivity contribution in [2.45, 2.75) is 19.3 Å². The molecule has 1 fully saturated rings. The van der Waals surface area contributed by atoms with Crippen LogP contribution in [0.2, 0.25) is 5.02 Å². The van der Waals surface area contributed by atoms with Gasteiger partial charge in [0, 0.05) is 6.42 Å². The van der Waals surface area contributed by atoms with Gasteiger partial charge < -0.3 is 10.1 Å². The quantitative estimate of drug-likeness (QED) is 0.665. The van der Waals surface area contributed by atoms with Gasteiger partial charge in [0.05, 0.1) is 5.02 Å². The molecule has 3 nitrogen and oxygen atoms in total. The number of hydrogen-bond donors (Lipinski definition) is 1. The molecule has 0 spiro atoms. The van der Waals surface area contributed by atoms with E-state index in [2.05, 4.69) is 5.32 Å². The Bertz CT molecular complexity index is 389. The number of ether oxygens (including phenoxy) is 1. The topological polar surface area (TPSA) is 38.3 Å². The van der Waals surface area contributed by atoms with Crippen LogP contribution in [0.5, 0.6) is 5.75 Å². The Balaban J connectivity index is 1.86. The second kappa shape index (κ2) is 6.03. The van der Waals surface area contributed by atoms with Gasteiger partial charge in [0.1, 0.15) is 5.75 Å². The smallest absolute Gasteiger partial charge is 0.311 e. The van der Waals surface area contributed by atoms with Crippen LogP contribution < -0.4 is 10.1 Å². The average molecular weight is 254 g/mol. The Morgan fingerprint density at radius 2 is 2.06 bits per heavy atom. The normalized spacial score (nSPS) is 16.8. The van der Waals surface area contributed by atoms with Crippen molar-refractivity contribution in [3.05, 3.63) is 29.3 Å². The van der Waals surface area contributed by atoms with Gasteiger partial charge >= 0.3 is 5.97 Å². The van der Waals surface area contributed by atoms with Crippen LogP contribution in [0.3, 0.4) is 0 Å². The summed E-state index contributed by atoms with van der Waals surface area (Å²) in [5.74, 6) is 0.698. The number of carbonyl (C=O) groups is 1. The van der Waals surface area contributed by atoms with E-state index in [1.165, 1.54) is 0 Å². The molecule has 1 saturated heterocycles. The first-order valence-corrected chi connectivity index (χ1v) is 6.29. The highest BCUT2D eigenvalue weighted by atomic mass is 35.5. The molecule has 4 heteroatoms. The third kappa shape index (κ3) is 3.72. The predicted octanol–water partition coefficient (Wildman–Crippen LogP) is 2.64. The maximum absolute atomic E-state index is 11.7. The highest BCUT2D eigenvalue weighted by molar-refractivity contribution is 6.32. The van der Waals surface area contributed by atoms with Crippen LogP contribution in [0.1, 0.15) is 19.3 Å². The molecule has 2 rings (SSSR count). The Morgan fingerprint density at radius 1 is 1.35 bits per heavy atom. The van der Waals surface area contributed by atoms with E-state index in [1.807, 2.05) is 6.07 Å². The van der Waals surface area contributed by atoms with Crippen LogP contribution >= 0.6 is 11.6 Å². The summed E-state index contributed by atoms with van der Waals surface area (Å²) in [5.41, 5.74) is 0. The first kappa shape index (κ1) is 12.4. The SMILES string of the molecule is O=C(CC1CCNCC1)Oc1ccccc1Cl. The number of benzene rings is 1. The van der Waals surface area contributed by atoms with Gasteiger partial charge in [0.25, 0.3) is 0 Å². The van der Waals surface area contributed by atoms with Crippen LogP contribution in [0.25, 0.3) is 0 Å². The number of hydrogen-bond acceptors (Lipinski definition) is 3. The Hall–Kier alpha value is -1.06. The van der Waals surface area contributed by atoms with Crippen LogP contribution in [-0.4, -0.2) is 19.1 Å². The minimum absolute atomic E-state index is 0.190. The van der Waals surface area contributed by atoms with E-state index in [9.17, 15) is 4.79 Å². The Morgan fingerprint density at radius 3 is 2.76 bits per heavy atom. The molecule has 0 radical (unpaired) electrons. The van der Waals surface area contributed by atoms with Gasteiger partial charge in [-0.3, -0.25) is 4.79 Å². The van der Waals surface area contributed by atoms with Crippen molar-refractivity contribution < 1.29 is 9.53 Å². The van der Waals surface area contributed by atoms with Crippen molar-refractivity contribution in [1.29, 1.82) is 0 Å². The zero-order valence-corrected chi connectivity index (χ0v) is 10.4. The molecule has 1 aliphatic rings. The average Bonchev–Trinajstić information content (AvgIpc) is 2.33. The Kier molecular flexibility index (Phi) is 4.40. The number of piperidine rings is 1. The van der Waals surface area contributed by atoms with Crippen LogP contribution in [0.15, 0.2) is 24.3 Å². The number of para-hydroxylation sites is 1. The molecule has 0 amide bonds. The lowest BCUT2D eigenvalue weighted by Crippen LogP contribution is -2.29. The summed E-state index contributed by atoms with van der Waals surface area (Å²) in [6.45, 7) is 1.98. The van der Waals surface area contributed by atoms with Crippen LogP contribution in [0.4, 0.5) is 0 Å². The third-order valence-corrected chi connectivity index (χ3v) is 3.29. The monoisotopic (exact) mass is 253 g/mol. The minimum Gasteiger partial charge on any atom is -0.425 e. The fourth-order valence-electron chi connectivity index (χ4n) is 2.01. The molecule has 1 aromatic carbocycles. The minimum atomic E-state index is -0.190. The van der Waals surface area contributed by atoms with Gasteiger partial charge in [0.15, 0.2) is 0 Å². The molecule has 0 atom stereocenters. The zero-order valence-electron chi connectivity index (χ0n) is 9.62. The molecule has 0 bridgehead atoms. The van der Waals surface area contributed by atoms with Crippen molar-refractivity contribution in [2.75, 3.05) is 13.1 Å². The van der Waals surface area contributed by atoms with Gasteiger partial charge in [-0.05, 0) is 44.0 Å². The van der Waals surface area contributed by atoms with Crippen LogP contribution in [0, 0.1) is 5.92 Å². The Labute approximate surface area is 106 Å². The summed E-state index contributed by atoms with van der Waals surface area (Å²) in [6.07, 6.45) is 2.56. The first-order chi connectivity index (χ1) is 8.25. The van der Waals surface area contributed by atoms with Gasteiger partial charge in [-0.25, -0.2) is 0 Å². The molecular formula is C13H16ClNO2. The summed E-state index contributed by atoms with van der Waals surface area (Å²) < 4.78 is 5.26. The molecule has 17 heavy (non-hydrogen) atoms. The first-order valence-electron chi connectivity index (χ1n) is 5.91. The fourth-order valence-corrected chi connectivity index (χ4v) is 2.19. The second-order valence-corrected chi connectivity index (χ2v) is 4.71. The van der Waals surface area contributed by atoms with Crippen molar-refractivity contribution >= 4 is 17.6 Å². The highest BCUT2D eigenvalue weighted by Crippen LogP contribution is 2.24. The molecule has 0 aliphatic carbocycles. The molecule has 1 aromatic rings. The van der Waals surface area contributed by atoms with E-state index >= 15 is 0 Å². The lowest BCUT2D eigenvalue weighted by molar-refractivity contribution is -0.135. The number of esters is 1. The third-order valence-electron chi connectivity index (χ3n) is 2.97. The lowest BCUT2D eigenvalue weighted by atomic mass is 9.95. The summed E-state index contributed by atoms with van der Waals surface area (Å²) in [5, 5.41) is 3.75. The standard InChI is InChI=1S/C13H16ClNO2/c14-11-3-1-2-4-12(11)17-13(16)9-10-5-7-15-8-6-10/h1-4,10,15H,5-9H2. The van der Waals surface area contributed by atoms with Gasteiger partial charge in [-0.1, -0.05) is 23.7 Å². The number of rotatable bonds is 3. The maximum Gasteiger partial charge on any atom is 0.311 e. The van der Waals surface area contributed by atoms with Gasteiger partial charge in [0.2, 0.25) is 0 Å². The summed E-state index contributed by atoms with van der Waals surface area (Å²) in [6, 6.07) is 7.04. The predicted molar refractivity (Wildman–Crippen MR) is 67.3 cm³/mol. The number of nitrogens with one attached hydrogen (secondary N) is 1. The van der Waals surface area contributed by atoms with Gasteiger partial charge in [-0.15, -0.1) is 0 Å². The molecule has 0 unspecified atom stereocenters. The van der Waals surface area contributed by atoms with Crippen molar-refractivity contribution in [1.82, 2.24) is 5.32 Å². The maximum atomic E-state index is 11.7. The van der Waals surface area contributed by atoms with Crippen molar-refractivity contribution in [2.24, 2.45) is 5.92 Å². The molecular weight excluding hydrogens is 238 g/mol. The molecule has 1 heterocycles. The van der Waals surface area contributed by atoms with E-state index < -0.39 is 0 Å². The number of halogens is 1. The molecule has 1 N–H and O–H groups in total. The van der Waals surface area contributed by atoms with E-state index in [0.29, 0.717) is 23.1 Å². The second-order valence-electron chi connectivity index (χ2n) is 4.30. The summed E-state index contributed by atoms with van der Waals surface area (Å²) in [7, 11) is 0. The van der Waals surface area contributed by atoms with Gasteiger partial charge in [-0.2, -0.15) is 0 Å². The fraction of sp³-hybridized carbons (Fsp3) is 0.462. The lowest BCUT2D eigenvalue weighted by Gasteiger charge is -2.21. The molecule has 0 aromatic heterocycles. The zero-order chi connectivity index (χ0) is 12.1. The highest BCUT2D eigenvalue weighted by Gasteiger charge is 2.18. The summed E-state index contributed by atoms with van der Waals surface area (Å²) in [4.78, 5) is 11.7. The van der Waals surface area contributed by atoms with Crippen LogP contribution in [-0.2, 0) is 4.79 Å². The van der Waals surface area contributed by atoms with Crippen molar-refractivity contribution in [3.8, 4) is 5.75 Å². The van der Waals surface area contributed by atoms with E-state index in [-0.39, 0.29) is 5.97 Å². The van der Waals surface area contributed by atoms with E-state index in [0.717, 1.165) is 25.9 Å².